The van der Waals surface area contributed by atoms with E-state index in [-0.39, 0.29) is 35.4 Å². The highest BCUT2D eigenvalue weighted by Crippen LogP contribution is 2.40. The monoisotopic (exact) mass is 436 g/mol. The minimum absolute atomic E-state index is 0.0461. The summed E-state index contributed by atoms with van der Waals surface area (Å²) in [6, 6.07) is 0. The number of carbonyl (C=O) groups is 1. The van der Waals surface area contributed by atoms with Gasteiger partial charge in [-0.15, -0.1) is 0 Å². The van der Waals surface area contributed by atoms with Crippen molar-refractivity contribution in [3.63, 3.8) is 0 Å². The smallest absolute Gasteiger partial charge is 0.192 e. The molecule has 1 fully saturated rings. The van der Waals surface area contributed by atoms with Crippen LogP contribution in [0.2, 0.25) is 18.1 Å². The molecule has 0 aliphatic carbocycles. The second kappa shape index (κ2) is 12.7. The minimum atomic E-state index is -1.95. The van der Waals surface area contributed by atoms with E-state index in [1.165, 1.54) is 12.5 Å². The zero-order chi connectivity index (χ0) is 22.8. The number of allylic oxidation sites excluding steroid dienone is 5. The summed E-state index contributed by atoms with van der Waals surface area (Å²) in [7, 11) is -1.95. The summed E-state index contributed by atoms with van der Waals surface area (Å²) in [6.07, 6.45) is 15.3. The van der Waals surface area contributed by atoms with Gasteiger partial charge in [-0.25, -0.2) is 0 Å². The molecule has 1 heterocycles. The topological polar surface area (TPSA) is 44.8 Å². The Kier molecular flexibility index (Phi) is 11.5. The molecule has 0 N–H and O–H groups in total. The van der Waals surface area contributed by atoms with Crippen LogP contribution in [0.1, 0.15) is 60.8 Å². The maximum atomic E-state index is 10.4. The van der Waals surface area contributed by atoms with Gasteiger partial charge < -0.3 is 13.9 Å². The fourth-order valence-corrected chi connectivity index (χ4v) is 4.71. The third-order valence-corrected chi connectivity index (χ3v) is 10.9. The van der Waals surface area contributed by atoms with Crippen molar-refractivity contribution in [3.8, 4) is 0 Å². The van der Waals surface area contributed by atoms with Crippen LogP contribution < -0.4 is 0 Å². The van der Waals surface area contributed by atoms with E-state index < -0.39 is 8.32 Å². The van der Waals surface area contributed by atoms with Crippen molar-refractivity contribution in [1.82, 2.24) is 0 Å². The van der Waals surface area contributed by atoms with Gasteiger partial charge in [0.2, 0.25) is 0 Å². The van der Waals surface area contributed by atoms with Crippen molar-refractivity contribution in [2.45, 2.75) is 97.4 Å². The van der Waals surface area contributed by atoms with Gasteiger partial charge in [0.1, 0.15) is 6.29 Å². The van der Waals surface area contributed by atoms with Gasteiger partial charge in [0.25, 0.3) is 0 Å². The van der Waals surface area contributed by atoms with Crippen LogP contribution in [0.3, 0.4) is 0 Å². The third-order valence-electron chi connectivity index (χ3n) is 6.46. The predicted octanol–water partition coefficient (Wildman–Crippen LogP) is 6.45. The van der Waals surface area contributed by atoms with Gasteiger partial charge in [-0.05, 0) is 56.3 Å². The molecule has 5 heteroatoms. The predicted molar refractivity (Wildman–Crippen MR) is 128 cm³/mol. The first kappa shape index (κ1) is 27.0. The highest BCUT2D eigenvalue weighted by Gasteiger charge is 2.42. The number of carbonyl (C=O) groups excluding carboxylic acids is 1. The summed E-state index contributed by atoms with van der Waals surface area (Å²) >= 11 is 0. The molecule has 1 saturated heterocycles. The summed E-state index contributed by atoms with van der Waals surface area (Å²) in [6.45, 7) is 18.8. The average Bonchev–Trinajstić information content (AvgIpc) is 2.68. The maximum absolute atomic E-state index is 10.4. The highest BCUT2D eigenvalue weighted by atomic mass is 28.4. The van der Waals surface area contributed by atoms with E-state index in [9.17, 15) is 4.79 Å². The lowest BCUT2D eigenvalue weighted by molar-refractivity contribution is -0.199. The van der Waals surface area contributed by atoms with Crippen molar-refractivity contribution in [3.05, 3.63) is 36.5 Å². The molecule has 0 amide bonds. The molecule has 5 atom stereocenters. The van der Waals surface area contributed by atoms with Gasteiger partial charge in [0.05, 0.1) is 12.2 Å². The Morgan fingerprint density at radius 1 is 1.00 bits per heavy atom. The third kappa shape index (κ3) is 9.01. The van der Waals surface area contributed by atoms with E-state index in [0.717, 1.165) is 25.7 Å². The van der Waals surface area contributed by atoms with Crippen LogP contribution in [0.4, 0.5) is 0 Å². The molecule has 0 bridgehead atoms. The number of hydrogen-bond donors (Lipinski definition) is 0. The number of ether oxygens (including phenoxy) is 2. The minimum Gasteiger partial charge on any atom is -0.413 e. The molecule has 0 aromatic carbocycles. The van der Waals surface area contributed by atoms with Crippen LogP contribution in [0.5, 0.6) is 0 Å². The van der Waals surface area contributed by atoms with Crippen LogP contribution in [0.25, 0.3) is 0 Å². The van der Waals surface area contributed by atoms with Crippen molar-refractivity contribution in [2.75, 3.05) is 6.61 Å². The summed E-state index contributed by atoms with van der Waals surface area (Å²) in [5, 5.41) is 0.143. The molecule has 0 spiro atoms. The van der Waals surface area contributed by atoms with Gasteiger partial charge in [-0.1, -0.05) is 65.0 Å². The normalized spacial score (nSPS) is 23.1. The van der Waals surface area contributed by atoms with Gasteiger partial charge in [-0.3, -0.25) is 4.79 Å². The maximum Gasteiger partial charge on any atom is 0.192 e. The van der Waals surface area contributed by atoms with Gasteiger partial charge in [0, 0.05) is 12.5 Å². The Hall–Kier alpha value is -1.01. The molecule has 0 radical (unpaired) electrons. The second-order valence-corrected chi connectivity index (χ2v) is 14.7. The molecule has 0 saturated carbocycles. The molecule has 1 unspecified atom stereocenters. The quantitative estimate of drug-likeness (QED) is 0.162. The van der Waals surface area contributed by atoms with E-state index in [0.29, 0.717) is 0 Å². The first-order valence-corrected chi connectivity index (χ1v) is 14.3. The Morgan fingerprint density at radius 3 is 2.20 bits per heavy atom. The fourth-order valence-electron chi connectivity index (χ4n) is 3.25. The SMILES string of the molecule is C[C@H]([C@H](O[Si](C)(C)C(C)(C)C)[C@@H](C)/C=C/C=C/C=C/C=O)[C@H](C)OC1CCCCO1. The van der Waals surface area contributed by atoms with Crippen LogP contribution in [-0.4, -0.2) is 39.7 Å². The summed E-state index contributed by atoms with van der Waals surface area (Å²) < 4.78 is 19.0. The molecule has 172 valence electrons. The van der Waals surface area contributed by atoms with E-state index in [2.05, 4.69) is 60.7 Å². The molecular weight excluding hydrogens is 392 g/mol. The largest absolute Gasteiger partial charge is 0.413 e. The molecule has 1 rings (SSSR count). The number of rotatable bonds is 11. The first-order chi connectivity index (χ1) is 14.0. The summed E-state index contributed by atoms with van der Waals surface area (Å²) in [4.78, 5) is 10.4. The molecule has 0 aromatic heterocycles. The van der Waals surface area contributed by atoms with Crippen molar-refractivity contribution < 1.29 is 18.7 Å². The van der Waals surface area contributed by atoms with Gasteiger partial charge >= 0.3 is 0 Å². The second-order valence-electron chi connectivity index (χ2n) is 9.99. The molecule has 30 heavy (non-hydrogen) atoms. The van der Waals surface area contributed by atoms with E-state index in [1.54, 1.807) is 6.08 Å². The Labute approximate surface area is 185 Å². The number of aldehydes is 1. The zero-order valence-corrected chi connectivity index (χ0v) is 21.4. The highest BCUT2D eigenvalue weighted by molar-refractivity contribution is 6.74. The summed E-state index contributed by atoms with van der Waals surface area (Å²) in [5.41, 5.74) is 0. The summed E-state index contributed by atoms with van der Waals surface area (Å²) in [5.74, 6) is 0.454. The molecule has 0 aromatic rings. The van der Waals surface area contributed by atoms with E-state index in [4.69, 9.17) is 13.9 Å². The van der Waals surface area contributed by atoms with Crippen LogP contribution in [-0.2, 0) is 18.7 Å². The standard InChI is InChI=1S/C25H44O4Si/c1-20(16-12-10-9-11-14-18-26)24(29-30(7,8)25(4,5)6)21(2)22(3)28-23-17-13-15-19-27-23/h9-12,14,16,18,20-24H,13,15,17,19H2,1-8H3/b10-9+,14-11+,16-12+/t20-,21-,22-,23?,24+/m0/s1. The van der Waals surface area contributed by atoms with Crippen molar-refractivity contribution in [1.29, 1.82) is 0 Å². The lowest BCUT2D eigenvalue weighted by Gasteiger charge is -2.43. The first-order valence-electron chi connectivity index (χ1n) is 11.4. The lowest BCUT2D eigenvalue weighted by atomic mass is 9.89. The molecule has 4 nitrogen and oxygen atoms in total. The average molecular weight is 437 g/mol. The van der Waals surface area contributed by atoms with Crippen LogP contribution in [0.15, 0.2) is 36.5 Å². The number of hydrogen-bond acceptors (Lipinski definition) is 4. The fraction of sp³-hybridized carbons (Fsp3) is 0.720. The molecule has 1 aliphatic rings. The lowest BCUT2D eigenvalue weighted by Crippen LogP contribution is -2.49. The van der Waals surface area contributed by atoms with Gasteiger partial charge in [-0.2, -0.15) is 0 Å². The van der Waals surface area contributed by atoms with Crippen LogP contribution >= 0.6 is 0 Å². The Bertz CT molecular complexity index is 582. The van der Waals surface area contributed by atoms with Crippen molar-refractivity contribution >= 4 is 14.6 Å². The molecule has 1 aliphatic heterocycles. The van der Waals surface area contributed by atoms with E-state index in [1.807, 2.05) is 18.2 Å². The Morgan fingerprint density at radius 2 is 1.63 bits per heavy atom. The molecular formula is C25H44O4Si. The van der Waals surface area contributed by atoms with Gasteiger partial charge in [0.15, 0.2) is 14.6 Å². The Balaban J connectivity index is 2.94. The zero-order valence-electron chi connectivity index (χ0n) is 20.4. The van der Waals surface area contributed by atoms with Crippen molar-refractivity contribution in [2.24, 2.45) is 11.8 Å². The van der Waals surface area contributed by atoms with E-state index >= 15 is 0 Å². The van der Waals surface area contributed by atoms with Crippen LogP contribution in [0, 0.1) is 11.8 Å².